The minimum absolute atomic E-state index is 0.557. The monoisotopic (exact) mass is 294 g/mol. The number of nitrogens with zero attached hydrogens (tertiary/aromatic N) is 2. The van der Waals surface area contributed by atoms with Gasteiger partial charge in [0.1, 0.15) is 11.3 Å². The van der Waals surface area contributed by atoms with Crippen LogP contribution in [0.15, 0.2) is 28.0 Å². The first-order valence-electron chi connectivity index (χ1n) is 6.29. The quantitative estimate of drug-likeness (QED) is 0.592. The number of thioether (sulfide) groups is 1. The molecular formula is C14H18N2OS2. The van der Waals surface area contributed by atoms with Crippen molar-refractivity contribution in [3.63, 3.8) is 0 Å². The van der Waals surface area contributed by atoms with Crippen LogP contribution in [0.1, 0.15) is 30.9 Å². The molecule has 0 aliphatic carbocycles. The predicted molar refractivity (Wildman–Crippen MR) is 81.4 cm³/mol. The minimum Gasteiger partial charge on any atom is -0.493 e. The summed E-state index contributed by atoms with van der Waals surface area (Å²) in [7, 11) is 0. The number of ether oxygens (including phenoxy) is 1. The van der Waals surface area contributed by atoms with E-state index < -0.39 is 0 Å². The Morgan fingerprint density at radius 3 is 2.84 bits per heavy atom. The summed E-state index contributed by atoms with van der Waals surface area (Å²) in [5.41, 5.74) is 4.43. The van der Waals surface area contributed by atoms with Gasteiger partial charge < -0.3 is 4.74 Å². The largest absolute Gasteiger partial charge is 0.493 e. The van der Waals surface area contributed by atoms with Gasteiger partial charge in [-0.3, -0.25) is 0 Å². The highest BCUT2D eigenvalue weighted by Crippen LogP contribution is 2.24. The smallest absolute Gasteiger partial charge is 0.174 e. The molecule has 0 bridgehead atoms. The van der Waals surface area contributed by atoms with E-state index in [1.165, 1.54) is 11.1 Å². The van der Waals surface area contributed by atoms with Crippen molar-refractivity contribution in [3.8, 4) is 5.75 Å². The van der Waals surface area contributed by atoms with Crippen molar-refractivity contribution in [3.05, 3.63) is 34.8 Å². The third kappa shape index (κ3) is 4.21. The number of aryl methyl sites for hydroxylation is 1. The van der Waals surface area contributed by atoms with E-state index in [-0.39, 0.29) is 0 Å². The lowest BCUT2D eigenvalue weighted by molar-refractivity contribution is 0.343. The van der Waals surface area contributed by atoms with E-state index in [0.717, 1.165) is 15.8 Å². The summed E-state index contributed by atoms with van der Waals surface area (Å²) in [5, 5.41) is 7.79. The van der Waals surface area contributed by atoms with Crippen LogP contribution in [0.2, 0.25) is 0 Å². The van der Waals surface area contributed by atoms with Crippen LogP contribution in [0.25, 0.3) is 0 Å². The second-order valence-corrected chi connectivity index (χ2v) is 6.75. The summed E-state index contributed by atoms with van der Waals surface area (Å²) in [6.45, 7) is 7.24. The van der Waals surface area contributed by atoms with Gasteiger partial charge in [0, 0.05) is 5.75 Å². The van der Waals surface area contributed by atoms with Gasteiger partial charge in [-0.2, -0.15) is 0 Å². The van der Waals surface area contributed by atoms with Crippen LogP contribution in [0.5, 0.6) is 5.75 Å². The van der Waals surface area contributed by atoms with Gasteiger partial charge in [0.25, 0.3) is 0 Å². The van der Waals surface area contributed by atoms with Gasteiger partial charge in [0.2, 0.25) is 0 Å². The predicted octanol–water partition coefficient (Wildman–Crippen LogP) is 4.14. The second-order valence-electron chi connectivity index (χ2n) is 4.57. The molecule has 0 aliphatic rings. The fraction of sp³-hybridized carbons (Fsp3) is 0.429. The summed E-state index contributed by atoms with van der Waals surface area (Å²) in [5.74, 6) is 2.39. The molecule has 3 nitrogen and oxygen atoms in total. The first-order chi connectivity index (χ1) is 9.16. The van der Waals surface area contributed by atoms with Crippen LogP contribution in [0.3, 0.4) is 0 Å². The molecule has 0 unspecified atom stereocenters. The fourth-order valence-corrected chi connectivity index (χ4v) is 3.28. The van der Waals surface area contributed by atoms with E-state index in [1.807, 2.05) is 0 Å². The van der Waals surface area contributed by atoms with Gasteiger partial charge >= 0.3 is 0 Å². The molecule has 19 heavy (non-hydrogen) atoms. The average Bonchev–Trinajstić information content (AvgIpc) is 2.87. The second kappa shape index (κ2) is 6.91. The molecule has 0 amide bonds. The van der Waals surface area contributed by atoms with Gasteiger partial charge in [-0.25, -0.2) is 0 Å². The van der Waals surface area contributed by atoms with Crippen molar-refractivity contribution in [1.82, 2.24) is 10.2 Å². The third-order valence-electron chi connectivity index (χ3n) is 2.78. The maximum absolute atomic E-state index is 5.76. The van der Waals surface area contributed by atoms with Gasteiger partial charge in [0.15, 0.2) is 4.34 Å². The Bertz CT molecular complexity index is 512. The lowest BCUT2D eigenvalue weighted by atomic mass is 9.98. The first-order valence-corrected chi connectivity index (χ1v) is 8.15. The number of hydrogen-bond acceptors (Lipinski definition) is 5. The fourth-order valence-electron chi connectivity index (χ4n) is 1.90. The zero-order valence-corrected chi connectivity index (χ0v) is 13.1. The topological polar surface area (TPSA) is 35.0 Å². The van der Waals surface area contributed by atoms with E-state index in [0.29, 0.717) is 12.5 Å². The number of aromatic nitrogens is 2. The van der Waals surface area contributed by atoms with Crippen molar-refractivity contribution in [1.29, 1.82) is 0 Å². The van der Waals surface area contributed by atoms with Gasteiger partial charge in [0.05, 0.1) is 6.61 Å². The van der Waals surface area contributed by atoms with Crippen LogP contribution in [-0.2, 0) is 0 Å². The Morgan fingerprint density at radius 2 is 2.21 bits per heavy atom. The van der Waals surface area contributed by atoms with Gasteiger partial charge in [-0.1, -0.05) is 43.0 Å². The molecule has 1 aromatic heterocycles. The molecule has 0 saturated carbocycles. The molecule has 1 aromatic carbocycles. The molecule has 0 saturated heterocycles. The molecule has 0 atom stereocenters. The summed E-state index contributed by atoms with van der Waals surface area (Å²) >= 11 is 3.24. The van der Waals surface area contributed by atoms with Crippen molar-refractivity contribution in [2.45, 2.75) is 31.0 Å². The Balaban J connectivity index is 1.81. The molecule has 0 radical (unpaired) electrons. The molecule has 1 heterocycles. The van der Waals surface area contributed by atoms with Crippen LogP contribution in [0, 0.1) is 6.92 Å². The highest BCUT2D eigenvalue weighted by atomic mass is 32.2. The van der Waals surface area contributed by atoms with Crippen LogP contribution >= 0.6 is 23.1 Å². The molecule has 2 aromatic rings. The SMILES string of the molecule is Cc1cc(OCCSc2nncs2)ccc1C(C)C. The minimum atomic E-state index is 0.557. The number of benzene rings is 1. The zero-order chi connectivity index (χ0) is 13.7. The van der Waals surface area contributed by atoms with Crippen molar-refractivity contribution in [2.75, 3.05) is 12.4 Å². The van der Waals surface area contributed by atoms with Gasteiger partial charge in [-0.05, 0) is 36.1 Å². The summed E-state index contributed by atoms with van der Waals surface area (Å²) in [4.78, 5) is 0. The molecule has 102 valence electrons. The van der Waals surface area contributed by atoms with Crippen molar-refractivity contribution < 1.29 is 4.74 Å². The Labute approximate surface area is 122 Å². The molecule has 0 spiro atoms. The molecule has 2 rings (SSSR count). The van der Waals surface area contributed by atoms with E-state index in [4.69, 9.17) is 4.74 Å². The molecule has 0 N–H and O–H groups in total. The summed E-state index contributed by atoms with van der Waals surface area (Å²) < 4.78 is 6.75. The highest BCUT2D eigenvalue weighted by Gasteiger charge is 2.05. The standard InChI is InChI=1S/C14H18N2OS2/c1-10(2)13-5-4-12(8-11(13)3)17-6-7-18-14-16-15-9-19-14/h4-5,8-10H,6-7H2,1-3H3. The molecule has 0 aliphatic heterocycles. The van der Waals surface area contributed by atoms with Crippen molar-refractivity contribution >= 4 is 23.1 Å². The van der Waals surface area contributed by atoms with Crippen molar-refractivity contribution in [2.24, 2.45) is 0 Å². The Hall–Kier alpha value is -1.07. The van der Waals surface area contributed by atoms with E-state index in [2.05, 4.69) is 49.2 Å². The summed E-state index contributed by atoms with van der Waals surface area (Å²) in [6, 6.07) is 6.33. The third-order valence-corrected chi connectivity index (χ3v) is 4.61. The lowest BCUT2D eigenvalue weighted by Gasteiger charge is -2.12. The maximum atomic E-state index is 5.76. The Morgan fingerprint density at radius 1 is 1.37 bits per heavy atom. The van der Waals surface area contributed by atoms with E-state index in [9.17, 15) is 0 Å². The molecular weight excluding hydrogens is 276 g/mol. The van der Waals surface area contributed by atoms with E-state index in [1.54, 1.807) is 28.6 Å². The maximum Gasteiger partial charge on any atom is 0.174 e. The zero-order valence-electron chi connectivity index (χ0n) is 11.4. The first kappa shape index (κ1) is 14.3. The number of rotatable bonds is 6. The average molecular weight is 294 g/mol. The normalized spacial score (nSPS) is 10.9. The lowest BCUT2D eigenvalue weighted by Crippen LogP contribution is -2.01. The Kier molecular flexibility index (Phi) is 5.22. The summed E-state index contributed by atoms with van der Waals surface area (Å²) in [6.07, 6.45) is 0. The highest BCUT2D eigenvalue weighted by molar-refractivity contribution is 8.01. The van der Waals surface area contributed by atoms with Crippen LogP contribution in [0.4, 0.5) is 0 Å². The van der Waals surface area contributed by atoms with Crippen LogP contribution < -0.4 is 4.74 Å². The van der Waals surface area contributed by atoms with Gasteiger partial charge in [-0.15, -0.1) is 10.2 Å². The molecule has 5 heteroatoms. The number of hydrogen-bond donors (Lipinski definition) is 0. The molecule has 0 fully saturated rings. The van der Waals surface area contributed by atoms with Crippen LogP contribution in [-0.4, -0.2) is 22.6 Å². The van der Waals surface area contributed by atoms with E-state index >= 15 is 0 Å².